The Kier molecular flexibility index (Phi) is 10.7. The second-order valence-corrected chi connectivity index (χ2v) is 15.4. The molecule has 15 heteroatoms. The highest BCUT2D eigenvalue weighted by atomic mass is 19.4. The molecule has 63 heavy (non-hydrogen) atoms. The van der Waals surface area contributed by atoms with E-state index in [-0.39, 0.29) is 35.0 Å². The molecule has 0 saturated carbocycles. The molecule has 1 aliphatic carbocycles. The Hall–Kier alpha value is -6.64. The first-order chi connectivity index (χ1) is 29.6. The van der Waals surface area contributed by atoms with Crippen LogP contribution in [0.1, 0.15) is 35.6 Å². The average molecular weight is 880 g/mol. The molecule has 0 radical (unpaired) electrons. The van der Waals surface area contributed by atoms with E-state index in [1.165, 1.54) is 40.2 Å². The van der Waals surface area contributed by atoms with Crippen molar-refractivity contribution in [2.75, 3.05) is 9.80 Å². The zero-order valence-corrected chi connectivity index (χ0v) is 32.8. The van der Waals surface area contributed by atoms with Gasteiger partial charge in [-0.05, 0) is 128 Å². The number of fused-ring (bicyclic) bond motifs is 3. The van der Waals surface area contributed by atoms with Gasteiger partial charge in [-0.3, -0.25) is 0 Å². The summed E-state index contributed by atoms with van der Waals surface area (Å²) in [6.07, 6.45) is -15.7. The molecule has 0 aliphatic heterocycles. The number of nitrogens with zero attached hydrogens (tertiary/aromatic N) is 3. The van der Waals surface area contributed by atoms with Crippen LogP contribution in [0.5, 0.6) is 0 Å². The Morgan fingerprint density at radius 1 is 0.524 bits per heavy atom. The van der Waals surface area contributed by atoms with Crippen molar-refractivity contribution in [3.05, 3.63) is 186 Å². The zero-order chi connectivity index (χ0) is 45.1. The van der Waals surface area contributed by atoms with Crippen LogP contribution in [0.2, 0.25) is 0 Å². The van der Waals surface area contributed by atoms with Crippen molar-refractivity contribution in [3.8, 4) is 5.69 Å². The molecular formula is C48H33F12N3. The maximum Gasteiger partial charge on any atom is 0.416 e. The summed E-state index contributed by atoms with van der Waals surface area (Å²) in [6, 6.07) is 31.7. The van der Waals surface area contributed by atoms with E-state index in [9.17, 15) is 52.7 Å². The van der Waals surface area contributed by atoms with E-state index in [2.05, 4.69) is 0 Å². The Balaban J connectivity index is 1.34. The minimum Gasteiger partial charge on any atom is -0.337 e. The Morgan fingerprint density at radius 3 is 1.56 bits per heavy atom. The van der Waals surface area contributed by atoms with Crippen LogP contribution < -0.4 is 9.80 Å². The lowest BCUT2D eigenvalue weighted by atomic mass is 9.81. The fourth-order valence-corrected chi connectivity index (χ4v) is 7.83. The first kappa shape index (κ1) is 43.0. The van der Waals surface area contributed by atoms with Gasteiger partial charge in [0.25, 0.3) is 0 Å². The van der Waals surface area contributed by atoms with Gasteiger partial charge in [-0.15, -0.1) is 0 Å². The summed E-state index contributed by atoms with van der Waals surface area (Å²) in [5.41, 5.74) is -3.08. The largest absolute Gasteiger partial charge is 0.416 e. The van der Waals surface area contributed by atoms with Crippen molar-refractivity contribution in [3.63, 3.8) is 0 Å². The van der Waals surface area contributed by atoms with Gasteiger partial charge in [-0.1, -0.05) is 48.5 Å². The summed E-state index contributed by atoms with van der Waals surface area (Å²) >= 11 is 0. The summed E-state index contributed by atoms with van der Waals surface area (Å²) in [7, 11) is 0. The molecule has 1 atom stereocenters. The highest BCUT2D eigenvalue weighted by molar-refractivity contribution is 6.11. The van der Waals surface area contributed by atoms with Gasteiger partial charge in [0.05, 0.1) is 33.1 Å². The third kappa shape index (κ3) is 8.48. The van der Waals surface area contributed by atoms with Gasteiger partial charge < -0.3 is 14.4 Å². The minimum absolute atomic E-state index is 0.0370. The van der Waals surface area contributed by atoms with Crippen molar-refractivity contribution in [2.24, 2.45) is 5.41 Å². The minimum atomic E-state index is -4.78. The van der Waals surface area contributed by atoms with Gasteiger partial charge in [-0.2, -0.15) is 52.7 Å². The monoisotopic (exact) mass is 879 g/mol. The Morgan fingerprint density at radius 2 is 1.02 bits per heavy atom. The standard InChI is InChI=1S/C48H33F12N3/c1-44(48(58,59)60)22-8-17-39(28-44)62(37-16-7-11-33(26-37)47(55,56)57)38-19-21-43-41(27-38)40-23-30(18-20-42(40)63(43)34-12-3-2-4-13-34)29-61(35-14-5-9-31(24-35)45(49,50)51)36-15-6-10-32(25-36)46(52,53)54/h2-21,23-28H,22,29H2,1H3. The maximum absolute atomic E-state index is 14.5. The second kappa shape index (κ2) is 15.6. The molecule has 7 aromatic rings. The predicted octanol–water partition coefficient (Wildman–Crippen LogP) is 15.7. The molecule has 8 rings (SSSR count). The molecule has 0 amide bonds. The molecule has 0 spiro atoms. The third-order valence-electron chi connectivity index (χ3n) is 11.0. The summed E-state index contributed by atoms with van der Waals surface area (Å²) in [4.78, 5) is 2.63. The molecule has 324 valence electrons. The number of hydrogen-bond acceptors (Lipinski definition) is 2. The maximum atomic E-state index is 14.5. The summed E-state index contributed by atoms with van der Waals surface area (Å²) in [5.74, 6) is 0. The van der Waals surface area contributed by atoms with Gasteiger partial charge in [-0.25, -0.2) is 0 Å². The van der Waals surface area contributed by atoms with Crippen LogP contribution in [-0.4, -0.2) is 10.7 Å². The third-order valence-corrected chi connectivity index (χ3v) is 11.0. The molecule has 1 aliphatic rings. The van der Waals surface area contributed by atoms with Crippen molar-refractivity contribution in [1.82, 2.24) is 4.57 Å². The van der Waals surface area contributed by atoms with Crippen LogP contribution in [0.25, 0.3) is 27.5 Å². The number of hydrogen-bond donors (Lipinski definition) is 0. The van der Waals surface area contributed by atoms with Gasteiger partial charge in [0.1, 0.15) is 0 Å². The fourth-order valence-electron chi connectivity index (χ4n) is 7.83. The molecule has 1 heterocycles. The van der Waals surface area contributed by atoms with Crippen LogP contribution in [0, 0.1) is 5.41 Å². The van der Waals surface area contributed by atoms with Crippen molar-refractivity contribution in [1.29, 1.82) is 0 Å². The predicted molar refractivity (Wildman–Crippen MR) is 219 cm³/mol. The van der Waals surface area contributed by atoms with E-state index in [0.29, 0.717) is 33.1 Å². The normalized spacial score (nSPS) is 16.1. The molecule has 6 aromatic carbocycles. The fraction of sp³-hybridized carbons (Fsp3) is 0.167. The molecule has 0 N–H and O–H groups in total. The number of aromatic nitrogens is 1. The van der Waals surface area contributed by atoms with Crippen LogP contribution >= 0.6 is 0 Å². The summed E-state index contributed by atoms with van der Waals surface area (Å²) < 4.78 is 171. The smallest absolute Gasteiger partial charge is 0.337 e. The number of halogens is 12. The summed E-state index contributed by atoms with van der Waals surface area (Å²) in [6.45, 7) is 0.779. The van der Waals surface area contributed by atoms with Crippen molar-refractivity contribution < 1.29 is 52.7 Å². The lowest BCUT2D eigenvalue weighted by molar-refractivity contribution is -0.199. The van der Waals surface area contributed by atoms with Crippen molar-refractivity contribution in [2.45, 2.75) is 44.6 Å². The number of benzene rings is 6. The van der Waals surface area contributed by atoms with Crippen LogP contribution in [0.15, 0.2) is 163 Å². The van der Waals surface area contributed by atoms with Crippen LogP contribution in [0.3, 0.4) is 0 Å². The Bertz CT molecular complexity index is 2830. The second-order valence-electron chi connectivity index (χ2n) is 15.4. The SMILES string of the molecule is CC1(C(F)(F)F)C=C(N(c2cccc(C(F)(F)F)c2)c2ccc3c(c2)c2cc(CN(c4cccc(C(F)(F)F)c4)c4cccc(C(F)(F)F)c4)ccc2n3-c2ccccc2)C=CC1. The quantitative estimate of drug-likeness (QED) is 0.141. The first-order valence-electron chi connectivity index (χ1n) is 19.3. The molecule has 1 aromatic heterocycles. The lowest BCUT2D eigenvalue weighted by Crippen LogP contribution is -2.35. The van der Waals surface area contributed by atoms with Crippen molar-refractivity contribution >= 4 is 44.6 Å². The average Bonchev–Trinajstić information content (AvgIpc) is 3.55. The number of anilines is 4. The summed E-state index contributed by atoms with van der Waals surface area (Å²) in [5, 5.41) is 1.02. The number of alkyl halides is 12. The molecule has 0 fully saturated rings. The molecule has 0 bridgehead atoms. The van der Waals surface area contributed by atoms with E-state index in [1.807, 2.05) is 16.7 Å². The van der Waals surface area contributed by atoms with Gasteiger partial charge in [0.2, 0.25) is 0 Å². The lowest BCUT2D eigenvalue weighted by Gasteiger charge is -2.35. The van der Waals surface area contributed by atoms with E-state index >= 15 is 0 Å². The number of allylic oxidation sites excluding steroid dienone is 3. The van der Waals surface area contributed by atoms with E-state index < -0.39 is 53.2 Å². The first-order valence-corrected chi connectivity index (χ1v) is 19.3. The van der Waals surface area contributed by atoms with Gasteiger partial charge in [0.15, 0.2) is 0 Å². The number of para-hydroxylation sites is 1. The van der Waals surface area contributed by atoms with Gasteiger partial charge in [0, 0.05) is 51.5 Å². The highest BCUT2D eigenvalue weighted by Gasteiger charge is 2.50. The molecule has 3 nitrogen and oxygen atoms in total. The highest BCUT2D eigenvalue weighted by Crippen LogP contribution is 2.48. The molecule has 1 unspecified atom stereocenters. The molecule has 0 saturated heterocycles. The zero-order valence-electron chi connectivity index (χ0n) is 32.8. The van der Waals surface area contributed by atoms with E-state index in [0.717, 1.165) is 67.6 Å². The Labute approximate surface area is 352 Å². The number of rotatable bonds is 8. The van der Waals surface area contributed by atoms with E-state index in [1.54, 1.807) is 54.6 Å². The topological polar surface area (TPSA) is 11.4 Å². The van der Waals surface area contributed by atoms with Gasteiger partial charge >= 0.3 is 24.7 Å². The van der Waals surface area contributed by atoms with Crippen LogP contribution in [-0.2, 0) is 25.1 Å². The molecular weight excluding hydrogens is 847 g/mol. The van der Waals surface area contributed by atoms with Crippen LogP contribution in [0.4, 0.5) is 75.4 Å². The van der Waals surface area contributed by atoms with E-state index in [4.69, 9.17) is 0 Å².